The van der Waals surface area contributed by atoms with E-state index in [0.717, 1.165) is 40.7 Å². The first kappa shape index (κ1) is 17.6. The Bertz CT molecular complexity index is 800. The van der Waals surface area contributed by atoms with Gasteiger partial charge in [0, 0.05) is 29.4 Å². The monoisotopic (exact) mass is 356 g/mol. The van der Waals surface area contributed by atoms with Crippen molar-refractivity contribution in [1.29, 1.82) is 0 Å². The lowest BCUT2D eigenvalue weighted by Crippen LogP contribution is -2.15. The largest absolute Gasteiger partial charge is 0.325 e. The van der Waals surface area contributed by atoms with E-state index in [0.29, 0.717) is 0 Å². The van der Waals surface area contributed by atoms with Gasteiger partial charge < -0.3 is 9.47 Å². The maximum absolute atomic E-state index is 13.3. The molecule has 0 bridgehead atoms. The van der Waals surface area contributed by atoms with Gasteiger partial charge in [-0.05, 0) is 63.5 Å². The highest BCUT2D eigenvalue weighted by Crippen LogP contribution is 2.35. The Labute approximate surface area is 151 Å². The van der Waals surface area contributed by atoms with Crippen LogP contribution < -0.4 is 0 Å². The number of pyridine rings is 1. The Hall–Kier alpha value is -2.18. The average Bonchev–Trinajstić information content (AvgIpc) is 2.99. The summed E-state index contributed by atoms with van der Waals surface area (Å²) >= 11 is 1.66. The zero-order chi connectivity index (χ0) is 17.6. The molecule has 25 heavy (non-hydrogen) atoms. The van der Waals surface area contributed by atoms with E-state index in [9.17, 15) is 4.39 Å². The molecule has 3 aromatic rings. The summed E-state index contributed by atoms with van der Waals surface area (Å²) in [7, 11) is 4.15. The van der Waals surface area contributed by atoms with Crippen LogP contribution in [0.3, 0.4) is 0 Å². The zero-order valence-corrected chi connectivity index (χ0v) is 15.2. The highest BCUT2D eigenvalue weighted by Gasteiger charge is 2.14. The molecule has 0 fully saturated rings. The van der Waals surface area contributed by atoms with Crippen molar-refractivity contribution in [3.63, 3.8) is 0 Å². The predicted octanol–water partition coefficient (Wildman–Crippen LogP) is 4.19. The zero-order valence-electron chi connectivity index (χ0n) is 14.4. The van der Waals surface area contributed by atoms with E-state index in [1.165, 1.54) is 12.1 Å². The molecule has 0 N–H and O–H groups in total. The summed E-state index contributed by atoms with van der Waals surface area (Å²) in [6, 6.07) is 10.5. The third kappa shape index (κ3) is 4.67. The standard InChI is InChI=1S/C19H21FN4S/c1-23(2)12-3-13-24-14-22-18(15-4-6-16(20)7-5-15)19(24)25-17-8-10-21-11-9-17/h4-11,14H,3,12-13H2,1-2H3. The van der Waals surface area contributed by atoms with Crippen molar-refractivity contribution in [1.82, 2.24) is 19.4 Å². The fourth-order valence-electron chi connectivity index (χ4n) is 2.52. The number of halogens is 1. The van der Waals surface area contributed by atoms with Crippen LogP contribution in [-0.2, 0) is 6.54 Å². The summed E-state index contributed by atoms with van der Waals surface area (Å²) in [5.74, 6) is -0.238. The van der Waals surface area contributed by atoms with Gasteiger partial charge in [0.25, 0.3) is 0 Å². The lowest BCUT2D eigenvalue weighted by atomic mass is 10.2. The molecular weight excluding hydrogens is 335 g/mol. The minimum absolute atomic E-state index is 0.238. The number of rotatable bonds is 7. The van der Waals surface area contributed by atoms with Crippen LogP contribution in [-0.4, -0.2) is 40.1 Å². The number of hydrogen-bond acceptors (Lipinski definition) is 4. The van der Waals surface area contributed by atoms with Gasteiger partial charge in [-0.25, -0.2) is 9.37 Å². The molecule has 0 radical (unpaired) electrons. The van der Waals surface area contributed by atoms with Gasteiger partial charge in [0.1, 0.15) is 16.5 Å². The molecule has 2 aromatic heterocycles. The van der Waals surface area contributed by atoms with Crippen molar-refractivity contribution in [2.45, 2.75) is 22.9 Å². The van der Waals surface area contributed by atoms with E-state index >= 15 is 0 Å². The van der Waals surface area contributed by atoms with Gasteiger partial charge in [0.2, 0.25) is 0 Å². The maximum atomic E-state index is 13.3. The summed E-state index contributed by atoms with van der Waals surface area (Å²) in [6.07, 6.45) is 6.48. The first-order valence-electron chi connectivity index (χ1n) is 8.17. The number of hydrogen-bond donors (Lipinski definition) is 0. The van der Waals surface area contributed by atoms with Crippen molar-refractivity contribution < 1.29 is 4.39 Å². The highest BCUT2D eigenvalue weighted by molar-refractivity contribution is 7.99. The van der Waals surface area contributed by atoms with E-state index in [1.54, 1.807) is 36.3 Å². The lowest BCUT2D eigenvalue weighted by molar-refractivity contribution is 0.383. The molecular formula is C19H21FN4S. The Morgan fingerprint density at radius 2 is 1.80 bits per heavy atom. The van der Waals surface area contributed by atoms with Crippen LogP contribution in [0.15, 0.2) is 65.0 Å². The number of imidazole rings is 1. The topological polar surface area (TPSA) is 34.0 Å². The van der Waals surface area contributed by atoms with E-state index < -0.39 is 0 Å². The van der Waals surface area contributed by atoms with Gasteiger partial charge in [-0.3, -0.25) is 4.98 Å². The quantitative estimate of drug-likeness (QED) is 0.636. The summed E-state index contributed by atoms with van der Waals surface area (Å²) in [6.45, 7) is 1.91. The molecule has 1 aromatic carbocycles. The van der Waals surface area contributed by atoms with E-state index in [4.69, 9.17) is 0 Å². The maximum Gasteiger partial charge on any atom is 0.123 e. The highest BCUT2D eigenvalue weighted by atomic mass is 32.2. The third-order valence-corrected chi connectivity index (χ3v) is 4.90. The summed E-state index contributed by atoms with van der Waals surface area (Å²) < 4.78 is 15.4. The second kappa shape index (κ2) is 8.27. The first-order valence-corrected chi connectivity index (χ1v) is 8.99. The fraction of sp³-hybridized carbons (Fsp3) is 0.263. The van der Waals surface area contributed by atoms with Crippen molar-refractivity contribution in [2.75, 3.05) is 20.6 Å². The SMILES string of the molecule is CN(C)CCCn1cnc(-c2ccc(F)cc2)c1Sc1ccncc1. The lowest BCUT2D eigenvalue weighted by Gasteiger charge is -2.12. The average molecular weight is 356 g/mol. The Morgan fingerprint density at radius 1 is 1.08 bits per heavy atom. The van der Waals surface area contributed by atoms with E-state index in [-0.39, 0.29) is 5.82 Å². The molecule has 4 nitrogen and oxygen atoms in total. The van der Waals surface area contributed by atoms with E-state index in [1.807, 2.05) is 18.5 Å². The van der Waals surface area contributed by atoms with Crippen molar-refractivity contribution in [3.05, 3.63) is 60.9 Å². The summed E-state index contributed by atoms with van der Waals surface area (Å²) in [5, 5.41) is 1.07. The molecule has 0 aliphatic carbocycles. The molecule has 0 saturated heterocycles. The van der Waals surface area contributed by atoms with Crippen LogP contribution in [0.4, 0.5) is 4.39 Å². The van der Waals surface area contributed by atoms with Crippen molar-refractivity contribution in [2.24, 2.45) is 0 Å². The minimum Gasteiger partial charge on any atom is -0.325 e. The van der Waals surface area contributed by atoms with Gasteiger partial charge in [-0.15, -0.1) is 0 Å². The smallest absolute Gasteiger partial charge is 0.123 e. The molecule has 6 heteroatoms. The van der Waals surface area contributed by atoms with Crippen LogP contribution in [0.25, 0.3) is 11.3 Å². The minimum atomic E-state index is -0.238. The van der Waals surface area contributed by atoms with Crippen LogP contribution in [0.1, 0.15) is 6.42 Å². The van der Waals surface area contributed by atoms with Crippen LogP contribution in [0.2, 0.25) is 0 Å². The second-order valence-electron chi connectivity index (χ2n) is 6.04. The predicted molar refractivity (Wildman–Crippen MR) is 99.2 cm³/mol. The van der Waals surface area contributed by atoms with Crippen molar-refractivity contribution >= 4 is 11.8 Å². The molecule has 0 unspecified atom stereocenters. The van der Waals surface area contributed by atoms with Crippen molar-refractivity contribution in [3.8, 4) is 11.3 Å². The number of aromatic nitrogens is 3. The molecule has 0 saturated carbocycles. The van der Waals surface area contributed by atoms with Crippen LogP contribution in [0, 0.1) is 5.82 Å². The molecule has 3 rings (SSSR count). The molecule has 0 spiro atoms. The third-order valence-electron chi connectivity index (χ3n) is 3.78. The van der Waals surface area contributed by atoms with Gasteiger partial charge >= 0.3 is 0 Å². The molecule has 2 heterocycles. The van der Waals surface area contributed by atoms with Crippen LogP contribution in [0.5, 0.6) is 0 Å². The normalized spacial score (nSPS) is 11.2. The Morgan fingerprint density at radius 3 is 2.48 bits per heavy atom. The fourth-order valence-corrected chi connectivity index (χ4v) is 3.52. The number of benzene rings is 1. The molecule has 0 atom stereocenters. The molecule has 0 aliphatic heterocycles. The first-order chi connectivity index (χ1) is 12.1. The van der Waals surface area contributed by atoms with Gasteiger partial charge in [0.15, 0.2) is 0 Å². The molecule has 0 amide bonds. The van der Waals surface area contributed by atoms with Crippen LogP contribution >= 0.6 is 11.8 Å². The molecule has 0 aliphatic rings. The Balaban J connectivity index is 1.91. The number of nitrogens with zero attached hydrogens (tertiary/aromatic N) is 4. The number of aryl methyl sites for hydroxylation is 1. The summed E-state index contributed by atoms with van der Waals surface area (Å²) in [5.41, 5.74) is 1.80. The van der Waals surface area contributed by atoms with Gasteiger partial charge in [0.05, 0.1) is 6.33 Å². The Kier molecular flexibility index (Phi) is 5.83. The van der Waals surface area contributed by atoms with Gasteiger partial charge in [-0.2, -0.15) is 0 Å². The van der Waals surface area contributed by atoms with Gasteiger partial charge in [-0.1, -0.05) is 11.8 Å². The molecule has 130 valence electrons. The second-order valence-corrected chi connectivity index (χ2v) is 7.10. The summed E-state index contributed by atoms with van der Waals surface area (Å²) in [4.78, 5) is 12.0. The van der Waals surface area contributed by atoms with E-state index in [2.05, 4.69) is 33.5 Å².